The number of nitrogens with zero attached hydrogens (tertiary/aromatic N) is 1. The molecule has 2 atom stereocenters. The van der Waals surface area contributed by atoms with Gasteiger partial charge in [0.25, 0.3) is 0 Å². The van der Waals surface area contributed by atoms with E-state index in [-0.39, 0.29) is 11.9 Å². The minimum atomic E-state index is -0.338. The second kappa shape index (κ2) is 3.90. The van der Waals surface area contributed by atoms with Crippen molar-refractivity contribution in [1.82, 2.24) is 4.90 Å². The van der Waals surface area contributed by atoms with Crippen molar-refractivity contribution in [1.29, 1.82) is 0 Å². The minimum absolute atomic E-state index is 0.0987. The van der Waals surface area contributed by atoms with E-state index < -0.39 is 0 Å². The average molecular weight is 170 g/mol. The molecule has 0 aliphatic carbocycles. The Morgan fingerprint density at radius 1 is 1.67 bits per heavy atom. The molecule has 1 amide bonds. The molecule has 1 heterocycles. The predicted octanol–water partition coefficient (Wildman–Crippen LogP) is 0.592. The van der Waals surface area contributed by atoms with Crippen molar-refractivity contribution in [2.24, 2.45) is 11.7 Å². The Bertz CT molecular complexity index is 168. The Morgan fingerprint density at radius 3 is 2.83 bits per heavy atom. The molecule has 3 heteroatoms. The highest BCUT2D eigenvalue weighted by molar-refractivity contribution is 5.81. The van der Waals surface area contributed by atoms with E-state index in [9.17, 15) is 4.79 Å². The van der Waals surface area contributed by atoms with E-state index in [4.69, 9.17) is 5.73 Å². The maximum Gasteiger partial charge on any atom is 0.239 e. The van der Waals surface area contributed by atoms with Crippen molar-refractivity contribution < 1.29 is 4.79 Å². The fourth-order valence-electron chi connectivity index (χ4n) is 1.68. The van der Waals surface area contributed by atoms with E-state index in [2.05, 4.69) is 6.92 Å². The Labute approximate surface area is 73.9 Å². The molecular formula is C9H18N2O. The molecule has 0 aromatic rings. The summed E-state index contributed by atoms with van der Waals surface area (Å²) in [7, 11) is 0. The van der Waals surface area contributed by atoms with Crippen molar-refractivity contribution in [3.63, 3.8) is 0 Å². The number of rotatable bonds is 1. The molecule has 1 fully saturated rings. The molecule has 0 radical (unpaired) electrons. The summed E-state index contributed by atoms with van der Waals surface area (Å²) in [6, 6.07) is -0.338. The van der Waals surface area contributed by atoms with Crippen LogP contribution in [0.4, 0.5) is 0 Å². The zero-order valence-corrected chi connectivity index (χ0v) is 7.92. The highest BCUT2D eigenvalue weighted by atomic mass is 16.2. The van der Waals surface area contributed by atoms with Crippen LogP contribution < -0.4 is 5.73 Å². The van der Waals surface area contributed by atoms with Gasteiger partial charge in [0.2, 0.25) is 5.91 Å². The van der Waals surface area contributed by atoms with Crippen molar-refractivity contribution in [3.05, 3.63) is 0 Å². The Hall–Kier alpha value is -0.570. The highest BCUT2D eigenvalue weighted by Gasteiger charge is 2.22. The fourth-order valence-corrected chi connectivity index (χ4v) is 1.68. The maximum absolute atomic E-state index is 11.4. The number of nitrogens with two attached hydrogens (primary N) is 1. The lowest BCUT2D eigenvalue weighted by Gasteiger charge is -2.31. The highest BCUT2D eigenvalue weighted by Crippen LogP contribution is 2.15. The lowest BCUT2D eigenvalue weighted by Crippen LogP contribution is -2.46. The summed E-state index contributed by atoms with van der Waals surface area (Å²) in [5, 5.41) is 0. The van der Waals surface area contributed by atoms with E-state index in [0.29, 0.717) is 5.92 Å². The molecule has 1 saturated heterocycles. The Kier molecular flexibility index (Phi) is 3.09. The van der Waals surface area contributed by atoms with E-state index in [0.717, 1.165) is 19.5 Å². The molecule has 12 heavy (non-hydrogen) atoms. The number of carbonyl (C=O) groups is 1. The standard InChI is InChI=1S/C9H18N2O/c1-7-4-3-5-11(6-7)9(12)8(2)10/h7-8H,3-6,10H2,1-2H3/t7-,8-/m0/s1. The summed E-state index contributed by atoms with van der Waals surface area (Å²) in [5.74, 6) is 0.739. The molecule has 3 nitrogen and oxygen atoms in total. The normalized spacial score (nSPS) is 26.9. The summed E-state index contributed by atoms with van der Waals surface area (Å²) < 4.78 is 0. The van der Waals surface area contributed by atoms with Crippen LogP contribution in [0.15, 0.2) is 0 Å². The topological polar surface area (TPSA) is 46.3 Å². The van der Waals surface area contributed by atoms with Crippen LogP contribution in [-0.2, 0) is 4.79 Å². The summed E-state index contributed by atoms with van der Waals surface area (Å²) in [6.45, 7) is 5.72. The van der Waals surface area contributed by atoms with Crippen LogP contribution in [0, 0.1) is 5.92 Å². The first-order chi connectivity index (χ1) is 5.61. The van der Waals surface area contributed by atoms with Crippen LogP contribution >= 0.6 is 0 Å². The average Bonchev–Trinajstić information content (AvgIpc) is 2.03. The third-order valence-electron chi connectivity index (χ3n) is 2.36. The fraction of sp³-hybridized carbons (Fsp3) is 0.889. The Morgan fingerprint density at radius 2 is 2.33 bits per heavy atom. The third kappa shape index (κ3) is 2.21. The second-order valence-corrected chi connectivity index (χ2v) is 3.82. The number of carbonyl (C=O) groups excluding carboxylic acids is 1. The van der Waals surface area contributed by atoms with Gasteiger partial charge < -0.3 is 10.6 Å². The Balaban J connectivity index is 2.46. The molecular weight excluding hydrogens is 152 g/mol. The zero-order chi connectivity index (χ0) is 9.14. The number of hydrogen-bond donors (Lipinski definition) is 1. The van der Waals surface area contributed by atoms with Gasteiger partial charge in [-0.1, -0.05) is 6.92 Å². The molecule has 0 saturated carbocycles. The van der Waals surface area contributed by atoms with Gasteiger partial charge in [-0.2, -0.15) is 0 Å². The molecule has 2 N–H and O–H groups in total. The monoisotopic (exact) mass is 170 g/mol. The lowest BCUT2D eigenvalue weighted by molar-refractivity contribution is -0.133. The van der Waals surface area contributed by atoms with Crippen LogP contribution in [0.25, 0.3) is 0 Å². The predicted molar refractivity (Wildman–Crippen MR) is 48.6 cm³/mol. The first kappa shape index (κ1) is 9.52. The van der Waals surface area contributed by atoms with Gasteiger partial charge in [0.15, 0.2) is 0 Å². The maximum atomic E-state index is 11.4. The first-order valence-corrected chi connectivity index (χ1v) is 4.65. The van der Waals surface area contributed by atoms with Crippen LogP contribution in [0.2, 0.25) is 0 Å². The molecule has 1 rings (SSSR count). The zero-order valence-electron chi connectivity index (χ0n) is 7.92. The molecule has 0 spiro atoms. The molecule has 0 aromatic heterocycles. The van der Waals surface area contributed by atoms with E-state index in [1.165, 1.54) is 6.42 Å². The van der Waals surface area contributed by atoms with Crippen molar-refractivity contribution in [2.45, 2.75) is 32.7 Å². The van der Waals surface area contributed by atoms with Crippen molar-refractivity contribution in [3.8, 4) is 0 Å². The minimum Gasteiger partial charge on any atom is -0.341 e. The SMILES string of the molecule is C[C@H]1CCCN(C(=O)[C@H](C)N)C1. The van der Waals surface area contributed by atoms with E-state index in [1.54, 1.807) is 6.92 Å². The van der Waals surface area contributed by atoms with Gasteiger partial charge in [0, 0.05) is 13.1 Å². The van der Waals surface area contributed by atoms with Gasteiger partial charge in [-0.05, 0) is 25.7 Å². The van der Waals surface area contributed by atoms with Crippen LogP contribution in [0.3, 0.4) is 0 Å². The van der Waals surface area contributed by atoms with Gasteiger partial charge >= 0.3 is 0 Å². The quantitative estimate of drug-likeness (QED) is 0.626. The van der Waals surface area contributed by atoms with Crippen LogP contribution in [0.1, 0.15) is 26.7 Å². The van der Waals surface area contributed by atoms with Crippen LogP contribution in [0.5, 0.6) is 0 Å². The number of likely N-dealkylation sites (tertiary alicyclic amines) is 1. The third-order valence-corrected chi connectivity index (χ3v) is 2.36. The number of piperidine rings is 1. The molecule has 0 unspecified atom stereocenters. The van der Waals surface area contributed by atoms with E-state index >= 15 is 0 Å². The molecule has 1 aliphatic heterocycles. The number of amides is 1. The number of hydrogen-bond acceptors (Lipinski definition) is 2. The van der Waals surface area contributed by atoms with Gasteiger partial charge in [-0.3, -0.25) is 4.79 Å². The first-order valence-electron chi connectivity index (χ1n) is 4.65. The smallest absolute Gasteiger partial charge is 0.239 e. The molecule has 0 bridgehead atoms. The second-order valence-electron chi connectivity index (χ2n) is 3.82. The van der Waals surface area contributed by atoms with Crippen molar-refractivity contribution >= 4 is 5.91 Å². The van der Waals surface area contributed by atoms with Crippen molar-refractivity contribution in [2.75, 3.05) is 13.1 Å². The van der Waals surface area contributed by atoms with Gasteiger partial charge in [0.1, 0.15) is 0 Å². The summed E-state index contributed by atoms with van der Waals surface area (Å²) >= 11 is 0. The van der Waals surface area contributed by atoms with Gasteiger partial charge in [-0.25, -0.2) is 0 Å². The van der Waals surface area contributed by atoms with Crippen LogP contribution in [-0.4, -0.2) is 29.9 Å². The van der Waals surface area contributed by atoms with Gasteiger partial charge in [-0.15, -0.1) is 0 Å². The lowest BCUT2D eigenvalue weighted by atomic mass is 10.00. The summed E-state index contributed by atoms with van der Waals surface area (Å²) in [6.07, 6.45) is 2.36. The molecule has 1 aliphatic rings. The van der Waals surface area contributed by atoms with Gasteiger partial charge in [0.05, 0.1) is 6.04 Å². The molecule has 0 aromatic carbocycles. The largest absolute Gasteiger partial charge is 0.341 e. The van der Waals surface area contributed by atoms with E-state index in [1.807, 2.05) is 4.90 Å². The molecule has 70 valence electrons. The summed E-state index contributed by atoms with van der Waals surface area (Å²) in [5.41, 5.74) is 5.52. The summed E-state index contributed by atoms with van der Waals surface area (Å²) in [4.78, 5) is 13.3.